The Morgan fingerprint density at radius 3 is 2.40 bits per heavy atom. The SMILES string of the molecule is CC(C)OCC(=O)NCC1(N2CCCCC2)CCCC1. The molecule has 1 aliphatic heterocycles. The smallest absolute Gasteiger partial charge is 0.246 e. The van der Waals surface area contributed by atoms with Crippen LogP contribution in [0.15, 0.2) is 0 Å². The van der Waals surface area contributed by atoms with Crippen LogP contribution in [0.4, 0.5) is 0 Å². The lowest BCUT2D eigenvalue weighted by molar-refractivity contribution is -0.127. The van der Waals surface area contributed by atoms with Crippen LogP contribution in [0.25, 0.3) is 0 Å². The summed E-state index contributed by atoms with van der Waals surface area (Å²) < 4.78 is 5.37. The highest BCUT2D eigenvalue weighted by atomic mass is 16.5. The summed E-state index contributed by atoms with van der Waals surface area (Å²) in [5, 5.41) is 3.11. The van der Waals surface area contributed by atoms with Gasteiger partial charge in [0.1, 0.15) is 6.61 Å². The molecule has 0 unspecified atom stereocenters. The molecule has 2 rings (SSSR count). The van der Waals surface area contributed by atoms with Crippen LogP contribution in [0.1, 0.15) is 58.8 Å². The molecule has 20 heavy (non-hydrogen) atoms. The molecule has 4 heteroatoms. The maximum atomic E-state index is 11.9. The molecule has 1 aliphatic carbocycles. The van der Waals surface area contributed by atoms with Crippen LogP contribution in [0.2, 0.25) is 0 Å². The van der Waals surface area contributed by atoms with Gasteiger partial charge in [-0.25, -0.2) is 0 Å². The second-order valence-corrected chi connectivity index (χ2v) is 6.62. The number of hydrogen-bond donors (Lipinski definition) is 1. The standard InChI is InChI=1S/C16H30N2O2/c1-14(2)20-12-15(19)17-13-16(8-4-5-9-16)18-10-6-3-7-11-18/h14H,3-13H2,1-2H3,(H,17,19). The zero-order chi connectivity index (χ0) is 14.4. The Morgan fingerprint density at radius 1 is 1.15 bits per heavy atom. The zero-order valence-corrected chi connectivity index (χ0v) is 13.1. The predicted molar refractivity (Wildman–Crippen MR) is 80.7 cm³/mol. The van der Waals surface area contributed by atoms with E-state index in [1.165, 1.54) is 58.0 Å². The van der Waals surface area contributed by atoms with Crippen molar-refractivity contribution in [1.82, 2.24) is 10.2 Å². The van der Waals surface area contributed by atoms with E-state index in [0.717, 1.165) is 6.54 Å². The Kier molecular flexibility index (Phi) is 5.85. The van der Waals surface area contributed by atoms with E-state index in [4.69, 9.17) is 4.74 Å². The predicted octanol–water partition coefficient (Wildman–Crippen LogP) is 2.33. The number of nitrogens with one attached hydrogen (secondary N) is 1. The third kappa shape index (κ3) is 4.19. The number of likely N-dealkylation sites (tertiary alicyclic amines) is 1. The molecule has 1 amide bonds. The largest absolute Gasteiger partial charge is 0.369 e. The molecule has 1 saturated carbocycles. The lowest BCUT2D eigenvalue weighted by atomic mass is 9.92. The van der Waals surface area contributed by atoms with E-state index in [9.17, 15) is 4.79 Å². The van der Waals surface area contributed by atoms with Crippen molar-refractivity contribution in [1.29, 1.82) is 0 Å². The maximum Gasteiger partial charge on any atom is 0.246 e. The number of hydrogen-bond acceptors (Lipinski definition) is 3. The molecule has 0 radical (unpaired) electrons. The molecule has 0 atom stereocenters. The van der Waals surface area contributed by atoms with Crippen LogP contribution in [-0.2, 0) is 9.53 Å². The van der Waals surface area contributed by atoms with Crippen molar-refractivity contribution in [2.45, 2.75) is 70.4 Å². The van der Waals surface area contributed by atoms with Gasteiger partial charge < -0.3 is 10.1 Å². The first kappa shape index (κ1) is 15.8. The Labute approximate surface area is 123 Å². The van der Waals surface area contributed by atoms with Gasteiger partial charge in [0.25, 0.3) is 0 Å². The molecule has 1 heterocycles. The molecule has 0 aromatic rings. The average Bonchev–Trinajstić information content (AvgIpc) is 2.94. The summed E-state index contributed by atoms with van der Waals surface area (Å²) in [5.41, 5.74) is 0.230. The van der Waals surface area contributed by atoms with Crippen LogP contribution in [-0.4, -0.2) is 48.7 Å². The van der Waals surface area contributed by atoms with Gasteiger partial charge >= 0.3 is 0 Å². The van der Waals surface area contributed by atoms with Crippen LogP contribution in [0.3, 0.4) is 0 Å². The number of piperidine rings is 1. The number of carbonyl (C=O) groups is 1. The summed E-state index contributed by atoms with van der Waals surface area (Å²) in [7, 11) is 0. The molecule has 0 aromatic heterocycles. The second-order valence-electron chi connectivity index (χ2n) is 6.62. The zero-order valence-electron chi connectivity index (χ0n) is 13.1. The van der Waals surface area contributed by atoms with Crippen LogP contribution < -0.4 is 5.32 Å². The van der Waals surface area contributed by atoms with Crippen LogP contribution in [0.5, 0.6) is 0 Å². The third-order valence-electron chi connectivity index (χ3n) is 4.72. The summed E-state index contributed by atoms with van der Waals surface area (Å²) in [6.45, 7) is 7.32. The van der Waals surface area contributed by atoms with Crippen molar-refractivity contribution in [3.05, 3.63) is 0 Å². The van der Waals surface area contributed by atoms with Crippen molar-refractivity contribution in [3.8, 4) is 0 Å². The lowest BCUT2D eigenvalue weighted by Gasteiger charge is -2.43. The Balaban J connectivity index is 1.84. The van der Waals surface area contributed by atoms with Gasteiger partial charge in [-0.15, -0.1) is 0 Å². The van der Waals surface area contributed by atoms with E-state index < -0.39 is 0 Å². The summed E-state index contributed by atoms with van der Waals surface area (Å²) in [4.78, 5) is 14.5. The monoisotopic (exact) mass is 282 g/mol. The van der Waals surface area contributed by atoms with E-state index in [1.54, 1.807) is 0 Å². The van der Waals surface area contributed by atoms with E-state index >= 15 is 0 Å². The number of amides is 1. The van der Waals surface area contributed by atoms with Crippen molar-refractivity contribution >= 4 is 5.91 Å². The summed E-state index contributed by atoms with van der Waals surface area (Å²) in [5.74, 6) is 0.0296. The number of rotatable bonds is 6. The van der Waals surface area contributed by atoms with Gasteiger partial charge in [0, 0.05) is 12.1 Å². The first-order valence-electron chi connectivity index (χ1n) is 8.26. The normalized spacial score (nSPS) is 23.1. The molecule has 2 fully saturated rings. The molecule has 4 nitrogen and oxygen atoms in total. The Bertz CT molecular complexity index is 306. The minimum atomic E-state index is 0.0296. The first-order chi connectivity index (χ1) is 9.62. The molecular weight excluding hydrogens is 252 g/mol. The quantitative estimate of drug-likeness (QED) is 0.813. The fraction of sp³-hybridized carbons (Fsp3) is 0.938. The highest BCUT2D eigenvalue weighted by Crippen LogP contribution is 2.36. The van der Waals surface area contributed by atoms with Gasteiger partial charge in [-0.1, -0.05) is 19.3 Å². The molecule has 0 aromatic carbocycles. The van der Waals surface area contributed by atoms with Crippen molar-refractivity contribution < 1.29 is 9.53 Å². The summed E-state index contributed by atoms with van der Waals surface area (Å²) in [6.07, 6.45) is 9.17. The highest BCUT2D eigenvalue weighted by Gasteiger charge is 2.39. The van der Waals surface area contributed by atoms with Gasteiger partial charge in [0.05, 0.1) is 6.10 Å². The van der Waals surface area contributed by atoms with Gasteiger partial charge in [-0.3, -0.25) is 9.69 Å². The topological polar surface area (TPSA) is 41.6 Å². The molecular formula is C16H30N2O2. The summed E-state index contributed by atoms with van der Waals surface area (Å²) in [6, 6.07) is 0. The Hall–Kier alpha value is -0.610. The average molecular weight is 282 g/mol. The van der Waals surface area contributed by atoms with Crippen molar-refractivity contribution in [2.24, 2.45) is 0 Å². The molecule has 0 bridgehead atoms. The van der Waals surface area contributed by atoms with Crippen molar-refractivity contribution in [3.63, 3.8) is 0 Å². The molecule has 1 saturated heterocycles. The molecule has 1 N–H and O–H groups in total. The van der Waals surface area contributed by atoms with E-state index in [2.05, 4.69) is 10.2 Å². The van der Waals surface area contributed by atoms with E-state index in [0.29, 0.717) is 0 Å². The van der Waals surface area contributed by atoms with E-state index in [1.807, 2.05) is 13.8 Å². The highest BCUT2D eigenvalue weighted by molar-refractivity contribution is 5.77. The van der Waals surface area contributed by atoms with Crippen LogP contribution >= 0.6 is 0 Å². The van der Waals surface area contributed by atoms with Crippen LogP contribution in [0, 0.1) is 0 Å². The van der Waals surface area contributed by atoms with E-state index in [-0.39, 0.29) is 24.2 Å². The lowest BCUT2D eigenvalue weighted by Crippen LogP contribution is -2.56. The third-order valence-corrected chi connectivity index (χ3v) is 4.72. The minimum Gasteiger partial charge on any atom is -0.369 e. The maximum absolute atomic E-state index is 11.9. The van der Waals surface area contributed by atoms with Gasteiger partial charge in [0.2, 0.25) is 5.91 Å². The number of carbonyl (C=O) groups excluding carboxylic acids is 1. The summed E-state index contributed by atoms with van der Waals surface area (Å²) >= 11 is 0. The molecule has 0 spiro atoms. The fourth-order valence-electron chi connectivity index (χ4n) is 3.56. The number of nitrogens with zero attached hydrogens (tertiary/aromatic N) is 1. The Morgan fingerprint density at radius 2 is 1.80 bits per heavy atom. The molecule has 2 aliphatic rings. The number of ether oxygens (including phenoxy) is 1. The first-order valence-corrected chi connectivity index (χ1v) is 8.26. The fourth-order valence-corrected chi connectivity index (χ4v) is 3.56. The van der Waals surface area contributed by atoms with Gasteiger partial charge in [-0.2, -0.15) is 0 Å². The van der Waals surface area contributed by atoms with Crippen molar-refractivity contribution in [2.75, 3.05) is 26.2 Å². The minimum absolute atomic E-state index is 0.0296. The van der Waals surface area contributed by atoms with Gasteiger partial charge in [-0.05, 0) is 52.6 Å². The second kappa shape index (κ2) is 7.41. The van der Waals surface area contributed by atoms with Gasteiger partial charge in [0.15, 0.2) is 0 Å². The molecule has 116 valence electrons.